The lowest BCUT2D eigenvalue weighted by Gasteiger charge is -2.39. The molecule has 19 heavy (non-hydrogen) atoms. The van der Waals surface area contributed by atoms with Gasteiger partial charge in [0.2, 0.25) is 5.91 Å². The molecule has 0 radical (unpaired) electrons. The van der Waals surface area contributed by atoms with Crippen LogP contribution in [0.25, 0.3) is 0 Å². The maximum absolute atomic E-state index is 11.9. The molecule has 0 saturated heterocycles. The van der Waals surface area contributed by atoms with Crippen LogP contribution in [0.3, 0.4) is 0 Å². The number of aromatic nitrogens is 1. The van der Waals surface area contributed by atoms with E-state index in [1.54, 1.807) is 23.1 Å². The number of rotatable bonds is 5. The van der Waals surface area contributed by atoms with Crippen LogP contribution in [0.15, 0.2) is 15.9 Å². The second-order valence-electron chi connectivity index (χ2n) is 5.50. The first-order valence-electron chi connectivity index (χ1n) is 6.82. The number of nitrogens with one attached hydrogen (secondary N) is 1. The third-order valence-electron chi connectivity index (χ3n) is 3.91. The molecule has 4 nitrogen and oxygen atoms in total. The van der Waals surface area contributed by atoms with Gasteiger partial charge in [0.15, 0.2) is 0 Å². The minimum atomic E-state index is -0.478. The Bertz CT molecular complexity index is 447. The molecule has 2 aliphatic carbocycles. The molecule has 0 aromatic carbocycles. The van der Waals surface area contributed by atoms with E-state index in [0.29, 0.717) is 11.3 Å². The number of carbonyl (C=O) groups is 1. The van der Waals surface area contributed by atoms with E-state index in [-0.39, 0.29) is 5.91 Å². The van der Waals surface area contributed by atoms with E-state index >= 15 is 0 Å². The summed E-state index contributed by atoms with van der Waals surface area (Å²) >= 11 is 3.46. The summed E-state index contributed by atoms with van der Waals surface area (Å²) in [5, 5.41) is 5.95. The topological polar surface area (TPSA) is 68.0 Å². The molecule has 1 amide bonds. The molecule has 104 valence electrons. The molecule has 0 aliphatic heterocycles. The molecule has 1 aromatic rings. The van der Waals surface area contributed by atoms with Crippen LogP contribution in [-0.4, -0.2) is 27.7 Å². The highest BCUT2D eigenvalue weighted by atomic mass is 32.2. The molecule has 0 spiro atoms. The molecule has 2 fully saturated rings. The largest absolute Gasteiger partial charge is 0.368 e. The first-order chi connectivity index (χ1) is 9.18. The Kier molecular flexibility index (Phi) is 3.82. The van der Waals surface area contributed by atoms with Crippen molar-refractivity contribution in [3.63, 3.8) is 0 Å². The number of amides is 1. The smallest absolute Gasteiger partial charge is 0.237 e. The quantitative estimate of drug-likeness (QED) is 0.874. The zero-order chi connectivity index (χ0) is 13.3. The third-order valence-corrected chi connectivity index (χ3v) is 6.10. The lowest BCUT2D eigenvalue weighted by Crippen LogP contribution is -2.59. The van der Waals surface area contributed by atoms with Gasteiger partial charge < -0.3 is 11.1 Å². The summed E-state index contributed by atoms with van der Waals surface area (Å²) in [5.74, 6) is -0.177. The Balaban J connectivity index is 1.68. The number of thiazole rings is 1. The molecule has 2 saturated carbocycles. The van der Waals surface area contributed by atoms with Gasteiger partial charge in [-0.05, 0) is 38.5 Å². The second-order valence-corrected chi connectivity index (χ2v) is 7.94. The number of thioether (sulfide) groups is 1. The van der Waals surface area contributed by atoms with E-state index in [4.69, 9.17) is 5.73 Å². The molecule has 2 atom stereocenters. The van der Waals surface area contributed by atoms with Gasteiger partial charge in [-0.25, -0.2) is 4.98 Å². The van der Waals surface area contributed by atoms with Gasteiger partial charge in [0.05, 0.1) is 5.54 Å². The van der Waals surface area contributed by atoms with E-state index < -0.39 is 5.54 Å². The van der Waals surface area contributed by atoms with E-state index in [1.165, 1.54) is 12.8 Å². The van der Waals surface area contributed by atoms with E-state index in [9.17, 15) is 4.79 Å². The summed E-state index contributed by atoms with van der Waals surface area (Å²) in [6.45, 7) is 0. The third kappa shape index (κ3) is 3.12. The average molecular weight is 297 g/mol. The van der Waals surface area contributed by atoms with Crippen LogP contribution in [0.5, 0.6) is 0 Å². The summed E-state index contributed by atoms with van der Waals surface area (Å²) < 4.78 is 1.09. The van der Waals surface area contributed by atoms with Gasteiger partial charge in [0.1, 0.15) is 4.34 Å². The zero-order valence-corrected chi connectivity index (χ0v) is 12.4. The van der Waals surface area contributed by atoms with Crippen LogP contribution in [0.1, 0.15) is 38.5 Å². The fourth-order valence-corrected chi connectivity index (χ4v) is 5.00. The highest BCUT2D eigenvalue weighted by Crippen LogP contribution is 2.40. The maximum atomic E-state index is 11.9. The number of primary amides is 1. The predicted molar refractivity (Wildman–Crippen MR) is 78.3 cm³/mol. The van der Waals surface area contributed by atoms with Gasteiger partial charge in [-0.1, -0.05) is 11.8 Å². The van der Waals surface area contributed by atoms with Crippen molar-refractivity contribution >= 4 is 29.0 Å². The van der Waals surface area contributed by atoms with Crippen LogP contribution in [0.4, 0.5) is 0 Å². The molecular formula is C13H19N3OS2. The summed E-state index contributed by atoms with van der Waals surface area (Å²) in [5.41, 5.74) is 5.21. The van der Waals surface area contributed by atoms with Crippen LogP contribution in [0.2, 0.25) is 0 Å². The number of hydrogen-bond acceptors (Lipinski definition) is 5. The molecule has 1 heterocycles. The van der Waals surface area contributed by atoms with Crippen molar-refractivity contribution in [3.05, 3.63) is 11.6 Å². The van der Waals surface area contributed by atoms with Crippen LogP contribution < -0.4 is 11.1 Å². The fourth-order valence-electron chi connectivity index (χ4n) is 2.78. The minimum Gasteiger partial charge on any atom is -0.368 e. The Morgan fingerprint density at radius 2 is 2.37 bits per heavy atom. The first kappa shape index (κ1) is 13.4. The summed E-state index contributed by atoms with van der Waals surface area (Å²) in [7, 11) is 0. The van der Waals surface area contributed by atoms with E-state index in [2.05, 4.69) is 10.3 Å². The van der Waals surface area contributed by atoms with Crippen molar-refractivity contribution in [1.29, 1.82) is 0 Å². The molecule has 0 bridgehead atoms. The zero-order valence-electron chi connectivity index (χ0n) is 10.8. The summed E-state index contributed by atoms with van der Waals surface area (Å²) in [6.07, 6.45) is 8.12. The van der Waals surface area contributed by atoms with Crippen molar-refractivity contribution in [3.8, 4) is 0 Å². The van der Waals surface area contributed by atoms with E-state index in [0.717, 1.165) is 30.0 Å². The van der Waals surface area contributed by atoms with Crippen molar-refractivity contribution < 1.29 is 4.79 Å². The van der Waals surface area contributed by atoms with Crippen LogP contribution in [-0.2, 0) is 4.79 Å². The van der Waals surface area contributed by atoms with Gasteiger partial charge in [0, 0.05) is 22.9 Å². The van der Waals surface area contributed by atoms with Crippen molar-refractivity contribution in [1.82, 2.24) is 10.3 Å². The number of nitrogens with two attached hydrogens (primary N) is 1. The predicted octanol–water partition coefficient (Wildman–Crippen LogP) is 2.15. The lowest BCUT2D eigenvalue weighted by molar-refractivity contribution is -0.125. The molecular weight excluding hydrogens is 278 g/mol. The van der Waals surface area contributed by atoms with Crippen molar-refractivity contribution in [2.45, 2.75) is 59.7 Å². The SMILES string of the molecule is NC(=O)C1(NC2CC2)CCCC(Sc2nccs2)C1. The summed E-state index contributed by atoms with van der Waals surface area (Å²) in [4.78, 5) is 16.2. The highest BCUT2D eigenvalue weighted by molar-refractivity contribution is 8.01. The van der Waals surface area contributed by atoms with E-state index in [1.807, 2.05) is 11.6 Å². The Labute approximate surface area is 121 Å². The molecule has 6 heteroatoms. The van der Waals surface area contributed by atoms with Gasteiger partial charge in [-0.15, -0.1) is 11.3 Å². The standard InChI is InChI=1S/C13H19N3OS2/c14-11(17)13(16-9-3-4-9)5-1-2-10(8-13)19-12-15-6-7-18-12/h6-7,9-10,16H,1-5,8H2,(H2,14,17). The van der Waals surface area contributed by atoms with Gasteiger partial charge in [0.25, 0.3) is 0 Å². The molecule has 3 rings (SSSR count). The van der Waals surface area contributed by atoms with Crippen LogP contribution in [0, 0.1) is 0 Å². The fraction of sp³-hybridized carbons (Fsp3) is 0.692. The summed E-state index contributed by atoms with van der Waals surface area (Å²) in [6, 6.07) is 0.510. The lowest BCUT2D eigenvalue weighted by atomic mass is 9.80. The molecule has 1 aromatic heterocycles. The maximum Gasteiger partial charge on any atom is 0.237 e. The number of hydrogen-bond donors (Lipinski definition) is 2. The Morgan fingerprint density at radius 3 is 3.00 bits per heavy atom. The molecule has 3 N–H and O–H groups in total. The molecule has 2 aliphatic rings. The number of carbonyl (C=O) groups excluding carboxylic acids is 1. The minimum absolute atomic E-state index is 0.177. The van der Waals surface area contributed by atoms with Gasteiger partial charge >= 0.3 is 0 Å². The first-order valence-corrected chi connectivity index (χ1v) is 8.58. The van der Waals surface area contributed by atoms with Crippen molar-refractivity contribution in [2.24, 2.45) is 5.73 Å². The van der Waals surface area contributed by atoms with Crippen molar-refractivity contribution in [2.75, 3.05) is 0 Å². The molecule has 2 unspecified atom stereocenters. The number of nitrogens with zero attached hydrogens (tertiary/aromatic N) is 1. The van der Waals surface area contributed by atoms with Gasteiger partial charge in [-0.2, -0.15) is 0 Å². The van der Waals surface area contributed by atoms with Crippen LogP contribution >= 0.6 is 23.1 Å². The monoisotopic (exact) mass is 297 g/mol. The normalized spacial score (nSPS) is 31.3. The highest BCUT2D eigenvalue weighted by Gasteiger charge is 2.44. The second kappa shape index (κ2) is 5.42. The van der Waals surface area contributed by atoms with Gasteiger partial charge in [-0.3, -0.25) is 4.79 Å². The Morgan fingerprint density at radius 1 is 1.53 bits per heavy atom. The Hall–Kier alpha value is -0.590. The average Bonchev–Trinajstić information content (AvgIpc) is 3.03.